The number of carbonyl (C=O) groups excluding carboxylic acids is 1. The first-order chi connectivity index (χ1) is 11.6. The van der Waals surface area contributed by atoms with E-state index in [1.54, 1.807) is 19.1 Å². The molecule has 2 aromatic rings. The average molecular weight is 367 g/mol. The maximum atomic E-state index is 13.4. The Kier molecular flexibility index (Phi) is 8.95. The van der Waals surface area contributed by atoms with Crippen LogP contribution in [-0.4, -0.2) is 25.6 Å². The van der Waals surface area contributed by atoms with Crippen molar-refractivity contribution in [3.63, 3.8) is 0 Å². The third kappa shape index (κ3) is 6.72. The summed E-state index contributed by atoms with van der Waals surface area (Å²) in [6.45, 7) is 6.10. The molecule has 25 heavy (non-hydrogen) atoms. The summed E-state index contributed by atoms with van der Waals surface area (Å²) in [5.41, 5.74) is 2.01. The Hall–Kier alpha value is -2.11. The van der Waals surface area contributed by atoms with Crippen LogP contribution in [-0.2, 0) is 6.54 Å². The van der Waals surface area contributed by atoms with Crippen molar-refractivity contribution in [2.75, 3.05) is 19.7 Å². The second-order valence-corrected chi connectivity index (χ2v) is 5.47. The minimum absolute atomic E-state index is 0. The topological polar surface area (TPSA) is 50.4 Å². The predicted octanol–water partition coefficient (Wildman–Crippen LogP) is 3.47. The van der Waals surface area contributed by atoms with Crippen molar-refractivity contribution >= 4 is 18.3 Å². The Balaban J connectivity index is 0.00000312. The standard InChI is InChI=1S/C19H23FN2O2.ClH/c1-3-24-17-8-5-15(6-9-17)13-21-10-11-22-19(23)16-7-4-14(2)18(20)12-16;/h4-9,12,21H,3,10-11,13H2,1-2H3,(H,22,23);1H. The second-order valence-electron chi connectivity index (χ2n) is 5.47. The molecule has 0 aliphatic rings. The number of rotatable bonds is 8. The van der Waals surface area contributed by atoms with Crippen molar-refractivity contribution in [1.29, 1.82) is 0 Å². The van der Waals surface area contributed by atoms with Gasteiger partial charge in [0.05, 0.1) is 6.61 Å². The summed E-state index contributed by atoms with van der Waals surface area (Å²) in [6, 6.07) is 12.4. The summed E-state index contributed by atoms with van der Waals surface area (Å²) < 4.78 is 18.8. The lowest BCUT2D eigenvalue weighted by atomic mass is 10.1. The summed E-state index contributed by atoms with van der Waals surface area (Å²) in [5, 5.41) is 6.02. The molecule has 2 aromatic carbocycles. The monoisotopic (exact) mass is 366 g/mol. The van der Waals surface area contributed by atoms with Crippen molar-refractivity contribution in [2.24, 2.45) is 0 Å². The average Bonchev–Trinajstić information content (AvgIpc) is 2.58. The number of benzene rings is 2. The molecule has 0 heterocycles. The highest BCUT2D eigenvalue weighted by molar-refractivity contribution is 5.94. The van der Waals surface area contributed by atoms with Gasteiger partial charge in [-0.2, -0.15) is 0 Å². The maximum Gasteiger partial charge on any atom is 0.251 e. The lowest BCUT2D eigenvalue weighted by Crippen LogP contribution is -2.31. The SMILES string of the molecule is CCOc1ccc(CNCCNC(=O)c2ccc(C)c(F)c2)cc1.Cl. The molecule has 0 unspecified atom stereocenters. The number of hydrogen-bond donors (Lipinski definition) is 2. The normalized spacial score (nSPS) is 10.0. The van der Waals surface area contributed by atoms with E-state index in [9.17, 15) is 9.18 Å². The van der Waals surface area contributed by atoms with Crippen LogP contribution in [0.25, 0.3) is 0 Å². The molecule has 4 nitrogen and oxygen atoms in total. The van der Waals surface area contributed by atoms with E-state index in [2.05, 4.69) is 10.6 Å². The van der Waals surface area contributed by atoms with Crippen LogP contribution in [0.1, 0.15) is 28.4 Å². The van der Waals surface area contributed by atoms with Gasteiger partial charge in [-0.3, -0.25) is 4.79 Å². The van der Waals surface area contributed by atoms with Gasteiger partial charge in [-0.05, 0) is 49.2 Å². The number of carbonyl (C=O) groups is 1. The summed E-state index contributed by atoms with van der Waals surface area (Å²) >= 11 is 0. The molecule has 0 aliphatic carbocycles. The molecule has 0 spiro atoms. The molecule has 0 bridgehead atoms. The molecule has 136 valence electrons. The zero-order chi connectivity index (χ0) is 17.4. The van der Waals surface area contributed by atoms with Crippen molar-refractivity contribution in [3.8, 4) is 5.75 Å². The van der Waals surface area contributed by atoms with Gasteiger partial charge in [0.1, 0.15) is 11.6 Å². The van der Waals surface area contributed by atoms with Gasteiger partial charge in [0.15, 0.2) is 0 Å². The largest absolute Gasteiger partial charge is 0.494 e. The minimum Gasteiger partial charge on any atom is -0.494 e. The van der Waals surface area contributed by atoms with Gasteiger partial charge < -0.3 is 15.4 Å². The first-order valence-electron chi connectivity index (χ1n) is 8.07. The van der Waals surface area contributed by atoms with Crippen molar-refractivity contribution in [2.45, 2.75) is 20.4 Å². The molecule has 0 fully saturated rings. The van der Waals surface area contributed by atoms with Crippen molar-refractivity contribution in [1.82, 2.24) is 10.6 Å². The number of ether oxygens (including phenoxy) is 1. The van der Waals surface area contributed by atoms with Crippen molar-refractivity contribution < 1.29 is 13.9 Å². The second kappa shape index (κ2) is 10.7. The van der Waals surface area contributed by atoms with E-state index in [0.717, 1.165) is 11.3 Å². The van der Waals surface area contributed by atoms with Gasteiger partial charge in [0.2, 0.25) is 0 Å². The Bertz CT molecular complexity index is 678. The van der Waals surface area contributed by atoms with Gasteiger partial charge in [0.25, 0.3) is 5.91 Å². The van der Waals surface area contributed by atoms with Crippen LogP contribution in [0.3, 0.4) is 0 Å². The predicted molar refractivity (Wildman–Crippen MR) is 100 cm³/mol. The quantitative estimate of drug-likeness (QED) is 0.703. The summed E-state index contributed by atoms with van der Waals surface area (Å²) in [6.07, 6.45) is 0. The molecular weight excluding hydrogens is 343 g/mol. The Morgan fingerprint density at radius 1 is 1.12 bits per heavy atom. The van der Waals surface area contributed by atoms with Crippen LogP contribution >= 0.6 is 12.4 Å². The molecule has 2 N–H and O–H groups in total. The minimum atomic E-state index is -0.365. The van der Waals surface area contributed by atoms with Crippen LogP contribution in [0, 0.1) is 12.7 Å². The third-order valence-corrected chi connectivity index (χ3v) is 3.58. The van der Waals surface area contributed by atoms with E-state index in [1.807, 2.05) is 31.2 Å². The summed E-state index contributed by atoms with van der Waals surface area (Å²) in [5.74, 6) is 0.229. The fourth-order valence-electron chi connectivity index (χ4n) is 2.20. The molecule has 6 heteroatoms. The van der Waals surface area contributed by atoms with E-state index in [-0.39, 0.29) is 24.1 Å². The zero-order valence-corrected chi connectivity index (χ0v) is 15.3. The lowest BCUT2D eigenvalue weighted by molar-refractivity contribution is 0.0953. The number of halogens is 2. The fraction of sp³-hybridized carbons (Fsp3) is 0.316. The van der Waals surface area contributed by atoms with E-state index >= 15 is 0 Å². The molecule has 1 amide bonds. The highest BCUT2D eigenvalue weighted by atomic mass is 35.5. The zero-order valence-electron chi connectivity index (χ0n) is 14.5. The smallest absolute Gasteiger partial charge is 0.251 e. The lowest BCUT2D eigenvalue weighted by Gasteiger charge is -2.08. The fourth-order valence-corrected chi connectivity index (χ4v) is 2.20. The van der Waals surface area contributed by atoms with Gasteiger partial charge >= 0.3 is 0 Å². The van der Waals surface area contributed by atoms with E-state index in [0.29, 0.717) is 37.4 Å². The molecule has 2 rings (SSSR count). The first kappa shape index (κ1) is 20.9. The first-order valence-corrected chi connectivity index (χ1v) is 8.07. The van der Waals surface area contributed by atoms with Gasteiger partial charge in [-0.1, -0.05) is 18.2 Å². The molecule has 0 saturated carbocycles. The molecule has 0 aromatic heterocycles. The van der Waals surface area contributed by atoms with Gasteiger partial charge in [-0.25, -0.2) is 4.39 Å². The van der Waals surface area contributed by atoms with E-state index < -0.39 is 0 Å². The molecular formula is C19H24ClFN2O2. The Labute approximate surface area is 154 Å². The maximum absolute atomic E-state index is 13.4. The van der Waals surface area contributed by atoms with E-state index in [1.165, 1.54) is 6.07 Å². The highest BCUT2D eigenvalue weighted by Crippen LogP contribution is 2.11. The summed E-state index contributed by atoms with van der Waals surface area (Å²) in [4.78, 5) is 11.9. The number of aryl methyl sites for hydroxylation is 1. The number of nitrogens with one attached hydrogen (secondary N) is 2. The molecule has 0 atom stereocenters. The van der Waals surface area contributed by atoms with Crippen LogP contribution in [0.2, 0.25) is 0 Å². The Morgan fingerprint density at radius 2 is 1.84 bits per heavy atom. The molecule has 0 saturated heterocycles. The van der Waals surface area contributed by atoms with Crippen LogP contribution in [0.15, 0.2) is 42.5 Å². The highest BCUT2D eigenvalue weighted by Gasteiger charge is 2.07. The van der Waals surface area contributed by atoms with Crippen LogP contribution in [0.4, 0.5) is 4.39 Å². The number of amides is 1. The van der Waals surface area contributed by atoms with Crippen molar-refractivity contribution in [3.05, 3.63) is 65.0 Å². The molecule has 0 aliphatic heterocycles. The van der Waals surface area contributed by atoms with E-state index in [4.69, 9.17) is 4.74 Å². The Morgan fingerprint density at radius 3 is 2.48 bits per heavy atom. The summed E-state index contributed by atoms with van der Waals surface area (Å²) in [7, 11) is 0. The van der Waals surface area contributed by atoms with Gasteiger partial charge in [-0.15, -0.1) is 12.4 Å². The molecule has 0 radical (unpaired) electrons. The van der Waals surface area contributed by atoms with Gasteiger partial charge in [0, 0.05) is 25.2 Å². The van der Waals surface area contributed by atoms with Crippen LogP contribution in [0.5, 0.6) is 5.75 Å². The van der Waals surface area contributed by atoms with Crippen LogP contribution < -0.4 is 15.4 Å². The number of hydrogen-bond acceptors (Lipinski definition) is 3. The third-order valence-electron chi connectivity index (χ3n) is 3.58.